The zero-order chi connectivity index (χ0) is 12.4. The van der Waals surface area contributed by atoms with Crippen molar-refractivity contribution in [3.05, 3.63) is 39.6 Å². The van der Waals surface area contributed by atoms with Gasteiger partial charge in [0.25, 0.3) is 0 Å². The highest BCUT2D eigenvalue weighted by atomic mass is 79.9. The number of nitrogens with one attached hydrogen (secondary N) is 1. The monoisotopic (exact) mass is 314 g/mol. The first-order valence-corrected chi connectivity index (χ1v) is 6.80. The average molecular weight is 315 g/mol. The lowest BCUT2D eigenvalue weighted by molar-refractivity contribution is 0.627. The number of rotatable bonds is 3. The lowest BCUT2D eigenvalue weighted by atomic mass is 10.2. The minimum Gasteiger partial charge on any atom is -0.312 e. The second-order valence-electron chi connectivity index (χ2n) is 3.74. The maximum atomic E-state index is 13.3. The molecule has 2 rings (SSSR count). The molecule has 0 spiro atoms. The maximum Gasteiger partial charge on any atom is 0.125 e. The molecule has 0 bridgehead atoms. The van der Waals surface area contributed by atoms with E-state index in [1.165, 1.54) is 12.1 Å². The van der Waals surface area contributed by atoms with E-state index in [-0.39, 0.29) is 11.9 Å². The Bertz CT molecular complexity index is 507. The van der Waals surface area contributed by atoms with E-state index in [2.05, 4.69) is 33.2 Å². The number of benzene rings is 1. The van der Waals surface area contributed by atoms with Crippen LogP contribution in [0.15, 0.2) is 28.9 Å². The molecule has 0 saturated heterocycles. The first-order valence-electron chi connectivity index (χ1n) is 5.19. The molecule has 2 nitrogen and oxygen atoms in total. The molecule has 1 aromatic carbocycles. The van der Waals surface area contributed by atoms with E-state index in [9.17, 15) is 4.39 Å². The standard InChI is InChI=1S/C12H12BrFN2S/c1-7(15-2)11-6-16-12(17-11)8-3-9(13)5-10(14)4-8/h3-7,15H,1-2H3. The van der Waals surface area contributed by atoms with E-state index in [0.717, 1.165) is 19.9 Å². The fraction of sp³-hybridized carbons (Fsp3) is 0.250. The Balaban J connectivity index is 2.36. The summed E-state index contributed by atoms with van der Waals surface area (Å²) < 4.78 is 14.0. The Morgan fingerprint density at radius 1 is 1.41 bits per heavy atom. The van der Waals surface area contributed by atoms with Gasteiger partial charge in [-0.1, -0.05) is 15.9 Å². The van der Waals surface area contributed by atoms with Gasteiger partial charge >= 0.3 is 0 Å². The zero-order valence-corrected chi connectivity index (χ0v) is 11.9. The highest BCUT2D eigenvalue weighted by Crippen LogP contribution is 2.30. The van der Waals surface area contributed by atoms with Gasteiger partial charge in [-0.15, -0.1) is 11.3 Å². The summed E-state index contributed by atoms with van der Waals surface area (Å²) in [4.78, 5) is 5.47. The third kappa shape index (κ3) is 2.91. The van der Waals surface area contributed by atoms with Crippen LogP contribution in [0.4, 0.5) is 4.39 Å². The van der Waals surface area contributed by atoms with Crippen LogP contribution in [0, 0.1) is 5.82 Å². The third-order valence-corrected chi connectivity index (χ3v) is 4.18. The van der Waals surface area contributed by atoms with Gasteiger partial charge in [-0.05, 0) is 32.2 Å². The largest absolute Gasteiger partial charge is 0.312 e. The molecule has 5 heteroatoms. The van der Waals surface area contributed by atoms with Crippen molar-refractivity contribution in [3.63, 3.8) is 0 Å². The SMILES string of the molecule is CNC(C)c1cnc(-c2cc(F)cc(Br)c2)s1. The molecule has 17 heavy (non-hydrogen) atoms. The molecular formula is C12H12BrFN2S. The summed E-state index contributed by atoms with van der Waals surface area (Å²) in [5.41, 5.74) is 0.802. The van der Waals surface area contributed by atoms with Crippen LogP contribution in [-0.4, -0.2) is 12.0 Å². The second-order valence-corrected chi connectivity index (χ2v) is 5.71. The van der Waals surface area contributed by atoms with Crippen molar-refractivity contribution in [2.45, 2.75) is 13.0 Å². The number of hydrogen-bond acceptors (Lipinski definition) is 3. The Hall–Kier alpha value is -0.780. The molecule has 1 atom stereocenters. The van der Waals surface area contributed by atoms with E-state index in [4.69, 9.17) is 0 Å². The van der Waals surface area contributed by atoms with Crippen molar-refractivity contribution in [1.29, 1.82) is 0 Å². The van der Waals surface area contributed by atoms with Crippen molar-refractivity contribution >= 4 is 27.3 Å². The van der Waals surface area contributed by atoms with Crippen LogP contribution in [0.25, 0.3) is 10.6 Å². The normalized spacial score (nSPS) is 12.7. The molecule has 1 unspecified atom stereocenters. The van der Waals surface area contributed by atoms with Gasteiger partial charge in [-0.3, -0.25) is 0 Å². The molecule has 0 saturated carbocycles. The highest BCUT2D eigenvalue weighted by molar-refractivity contribution is 9.10. The fourth-order valence-electron chi connectivity index (χ4n) is 1.44. The number of aromatic nitrogens is 1. The van der Waals surface area contributed by atoms with Gasteiger partial charge in [-0.25, -0.2) is 9.37 Å². The predicted octanol–water partition coefficient (Wildman–Crippen LogP) is 3.99. The smallest absolute Gasteiger partial charge is 0.125 e. The molecule has 0 radical (unpaired) electrons. The van der Waals surface area contributed by atoms with Crippen LogP contribution in [0.2, 0.25) is 0 Å². The lowest BCUT2D eigenvalue weighted by Gasteiger charge is -2.04. The minimum atomic E-state index is -0.257. The molecule has 2 aromatic rings. The quantitative estimate of drug-likeness (QED) is 0.926. The molecular weight excluding hydrogens is 303 g/mol. The first-order chi connectivity index (χ1) is 8.10. The van der Waals surface area contributed by atoms with E-state index >= 15 is 0 Å². The highest BCUT2D eigenvalue weighted by Gasteiger charge is 2.10. The molecule has 0 aliphatic carbocycles. The summed E-state index contributed by atoms with van der Waals surface area (Å²) in [6.45, 7) is 2.07. The van der Waals surface area contributed by atoms with Crippen molar-refractivity contribution in [1.82, 2.24) is 10.3 Å². The van der Waals surface area contributed by atoms with E-state index in [1.54, 1.807) is 11.3 Å². The molecule has 1 heterocycles. The molecule has 0 aliphatic rings. The lowest BCUT2D eigenvalue weighted by Crippen LogP contribution is -2.10. The van der Waals surface area contributed by atoms with Crippen LogP contribution in [-0.2, 0) is 0 Å². The Kier molecular flexibility index (Phi) is 3.91. The predicted molar refractivity (Wildman–Crippen MR) is 72.7 cm³/mol. The Morgan fingerprint density at radius 3 is 2.82 bits per heavy atom. The zero-order valence-electron chi connectivity index (χ0n) is 9.50. The number of thiazole rings is 1. The molecule has 90 valence electrons. The van der Waals surface area contributed by atoms with Crippen LogP contribution in [0.1, 0.15) is 17.8 Å². The number of nitrogens with zero attached hydrogens (tertiary/aromatic N) is 1. The molecule has 1 N–H and O–H groups in total. The van der Waals surface area contributed by atoms with E-state index in [0.29, 0.717) is 0 Å². The van der Waals surface area contributed by atoms with Gasteiger partial charge in [0, 0.05) is 27.2 Å². The average Bonchev–Trinajstić information content (AvgIpc) is 2.76. The Labute approximate surface area is 112 Å². The van der Waals surface area contributed by atoms with Crippen LogP contribution in [0.5, 0.6) is 0 Å². The van der Waals surface area contributed by atoms with E-state index < -0.39 is 0 Å². The molecule has 0 amide bonds. The van der Waals surface area contributed by atoms with Crippen molar-refractivity contribution in [2.24, 2.45) is 0 Å². The summed E-state index contributed by atoms with van der Waals surface area (Å²) in [5.74, 6) is -0.257. The van der Waals surface area contributed by atoms with Crippen molar-refractivity contribution in [3.8, 4) is 10.6 Å². The third-order valence-electron chi connectivity index (χ3n) is 2.49. The van der Waals surface area contributed by atoms with Crippen LogP contribution >= 0.6 is 27.3 Å². The van der Waals surface area contributed by atoms with Crippen LogP contribution in [0.3, 0.4) is 0 Å². The summed E-state index contributed by atoms with van der Waals surface area (Å²) in [6.07, 6.45) is 1.83. The maximum absolute atomic E-state index is 13.3. The van der Waals surface area contributed by atoms with Crippen molar-refractivity contribution < 1.29 is 4.39 Å². The van der Waals surface area contributed by atoms with Gasteiger partial charge in [0.1, 0.15) is 10.8 Å². The van der Waals surface area contributed by atoms with Gasteiger partial charge in [0.05, 0.1) is 0 Å². The van der Waals surface area contributed by atoms with Crippen LogP contribution < -0.4 is 5.32 Å². The molecule has 0 aliphatic heterocycles. The number of hydrogen-bond donors (Lipinski definition) is 1. The first kappa shape index (κ1) is 12.7. The second kappa shape index (κ2) is 5.25. The topological polar surface area (TPSA) is 24.9 Å². The van der Waals surface area contributed by atoms with E-state index in [1.807, 2.05) is 19.3 Å². The Morgan fingerprint density at radius 2 is 2.18 bits per heavy atom. The summed E-state index contributed by atoms with van der Waals surface area (Å²) in [7, 11) is 1.91. The van der Waals surface area contributed by atoms with Gasteiger partial charge in [0.2, 0.25) is 0 Å². The molecule has 1 aromatic heterocycles. The summed E-state index contributed by atoms with van der Waals surface area (Å²) in [5, 5.41) is 3.99. The minimum absolute atomic E-state index is 0.257. The summed E-state index contributed by atoms with van der Waals surface area (Å²) >= 11 is 4.86. The van der Waals surface area contributed by atoms with Gasteiger partial charge in [-0.2, -0.15) is 0 Å². The summed E-state index contributed by atoms with van der Waals surface area (Å²) in [6, 6.07) is 5.07. The van der Waals surface area contributed by atoms with Gasteiger partial charge < -0.3 is 5.32 Å². The molecule has 0 fully saturated rings. The fourth-order valence-corrected chi connectivity index (χ4v) is 2.87. The van der Waals surface area contributed by atoms with Gasteiger partial charge in [0.15, 0.2) is 0 Å². The number of halogens is 2. The van der Waals surface area contributed by atoms with Crippen molar-refractivity contribution in [2.75, 3.05) is 7.05 Å².